The molecular formula is C19H25N4O3+. The minimum Gasteiger partial charge on any atom is -0.493 e. The number of hydrogen-bond donors (Lipinski definition) is 2. The highest BCUT2D eigenvalue weighted by Gasteiger charge is 2.46. The number of rotatable bonds is 3. The number of hydrogen-bond acceptors (Lipinski definition) is 4. The molecule has 1 fully saturated rings. The molecule has 4 rings (SSSR count). The number of para-hydroxylation sites is 1. The van der Waals surface area contributed by atoms with Gasteiger partial charge in [-0.1, -0.05) is 6.07 Å². The average Bonchev–Trinajstić information content (AvgIpc) is 3.18. The van der Waals surface area contributed by atoms with Crippen molar-refractivity contribution in [1.82, 2.24) is 14.9 Å². The van der Waals surface area contributed by atoms with Crippen LogP contribution in [0.25, 0.3) is 0 Å². The van der Waals surface area contributed by atoms with Crippen molar-refractivity contribution in [3.8, 4) is 11.5 Å². The van der Waals surface area contributed by atoms with Gasteiger partial charge in [-0.25, -0.2) is 4.98 Å². The van der Waals surface area contributed by atoms with Gasteiger partial charge in [0.1, 0.15) is 11.2 Å². The number of quaternary nitrogens is 1. The van der Waals surface area contributed by atoms with E-state index in [1.54, 1.807) is 32.7 Å². The fourth-order valence-electron chi connectivity index (χ4n) is 4.31. The number of imidazole rings is 1. The molecule has 1 amide bonds. The normalized spacial score (nSPS) is 18.5. The number of aromatic amines is 1. The quantitative estimate of drug-likeness (QED) is 0.846. The molecule has 1 saturated heterocycles. The molecule has 1 aromatic heterocycles. The summed E-state index contributed by atoms with van der Waals surface area (Å²) < 4.78 is 10.8. The van der Waals surface area contributed by atoms with Crippen LogP contribution in [0.2, 0.25) is 0 Å². The number of fused-ring (bicyclic) bond motifs is 2. The van der Waals surface area contributed by atoms with E-state index in [1.165, 1.54) is 11.4 Å². The number of nitrogens with one attached hydrogen (secondary N) is 1. The Bertz CT molecular complexity index is 809. The van der Waals surface area contributed by atoms with Gasteiger partial charge in [0, 0.05) is 38.0 Å². The van der Waals surface area contributed by atoms with Crippen LogP contribution >= 0.6 is 0 Å². The van der Waals surface area contributed by atoms with Gasteiger partial charge in [-0.3, -0.25) is 4.79 Å². The third-order valence-corrected chi connectivity index (χ3v) is 5.70. The van der Waals surface area contributed by atoms with E-state index >= 15 is 0 Å². The molecule has 1 aromatic carbocycles. The van der Waals surface area contributed by atoms with E-state index < -0.39 is 0 Å². The number of nitrogens with two attached hydrogens (primary N) is 1. The summed E-state index contributed by atoms with van der Waals surface area (Å²) in [6.45, 7) is 2.48. The van der Waals surface area contributed by atoms with E-state index in [9.17, 15) is 4.79 Å². The summed E-state index contributed by atoms with van der Waals surface area (Å²) in [5.74, 6) is 1.07. The topological polar surface area (TPSA) is 84.1 Å². The maximum atomic E-state index is 13.1. The van der Waals surface area contributed by atoms with Crippen molar-refractivity contribution in [2.24, 2.45) is 0 Å². The van der Waals surface area contributed by atoms with Crippen molar-refractivity contribution in [2.45, 2.75) is 24.8 Å². The molecule has 2 aliphatic rings. The van der Waals surface area contributed by atoms with E-state index in [0.29, 0.717) is 30.2 Å². The molecule has 0 unspecified atom stereocenters. The summed E-state index contributed by atoms with van der Waals surface area (Å²) >= 11 is 0. The Hall–Kier alpha value is -2.54. The second kappa shape index (κ2) is 6.64. The van der Waals surface area contributed by atoms with Gasteiger partial charge in [-0.15, -0.1) is 0 Å². The number of carbonyl (C=O) groups excluding carboxylic acids is 1. The van der Waals surface area contributed by atoms with Gasteiger partial charge in [0.2, 0.25) is 0 Å². The monoisotopic (exact) mass is 357 g/mol. The largest absolute Gasteiger partial charge is 0.493 e. The lowest BCUT2D eigenvalue weighted by Gasteiger charge is -2.41. The fraction of sp³-hybridized carbons (Fsp3) is 0.474. The van der Waals surface area contributed by atoms with Gasteiger partial charge in [0.05, 0.1) is 32.7 Å². The predicted molar refractivity (Wildman–Crippen MR) is 95.4 cm³/mol. The Kier molecular flexibility index (Phi) is 4.32. The Morgan fingerprint density at radius 1 is 1.27 bits per heavy atom. The second-order valence-electron chi connectivity index (χ2n) is 6.96. The highest BCUT2D eigenvalue weighted by Crippen LogP contribution is 2.35. The lowest BCUT2D eigenvalue weighted by atomic mass is 9.80. The number of amides is 1. The Labute approximate surface area is 152 Å². The average molecular weight is 357 g/mol. The minimum atomic E-state index is -0.00587. The second-order valence-corrected chi connectivity index (χ2v) is 6.96. The van der Waals surface area contributed by atoms with Crippen LogP contribution in [-0.2, 0) is 12.0 Å². The van der Waals surface area contributed by atoms with Crippen LogP contribution in [-0.4, -0.2) is 54.6 Å². The number of methoxy groups -OCH3 is 2. The van der Waals surface area contributed by atoms with Crippen LogP contribution in [0.1, 0.15) is 34.6 Å². The van der Waals surface area contributed by atoms with Crippen LogP contribution in [0.3, 0.4) is 0 Å². The number of ether oxygens (including phenoxy) is 2. The van der Waals surface area contributed by atoms with Crippen LogP contribution in [0.4, 0.5) is 0 Å². The Morgan fingerprint density at radius 3 is 2.81 bits per heavy atom. The molecular weight excluding hydrogens is 332 g/mol. The molecule has 7 heteroatoms. The molecule has 3 heterocycles. The molecule has 0 atom stereocenters. The molecule has 0 saturated carbocycles. The van der Waals surface area contributed by atoms with Crippen LogP contribution in [0, 0.1) is 0 Å². The van der Waals surface area contributed by atoms with Crippen LogP contribution in [0.15, 0.2) is 24.5 Å². The Balaban J connectivity index is 1.54. The van der Waals surface area contributed by atoms with E-state index in [1.807, 2.05) is 11.0 Å². The maximum Gasteiger partial charge on any atom is 0.257 e. The molecule has 2 aliphatic heterocycles. The SMILES string of the molecule is COc1cccc(C(=O)N2CCC3(CC2)[NH2+]CCc2[nH]cnc23)c1OC. The third-order valence-electron chi connectivity index (χ3n) is 5.70. The molecule has 0 bridgehead atoms. The number of aromatic nitrogens is 2. The van der Waals surface area contributed by atoms with Crippen LogP contribution in [0.5, 0.6) is 11.5 Å². The van der Waals surface area contributed by atoms with Crippen molar-refractivity contribution < 1.29 is 19.6 Å². The molecule has 3 N–H and O–H groups in total. The zero-order valence-corrected chi connectivity index (χ0v) is 15.2. The fourth-order valence-corrected chi connectivity index (χ4v) is 4.31. The number of H-pyrrole nitrogens is 1. The van der Waals surface area contributed by atoms with Crippen molar-refractivity contribution in [2.75, 3.05) is 33.9 Å². The standard InChI is InChI=1S/C19H24N4O3/c1-25-15-5-3-4-13(16(15)26-2)18(24)23-10-7-19(8-11-23)17-14(6-9-22-19)20-12-21-17/h3-5,12,22H,6-11H2,1-2H3,(H,20,21)/p+1. The zero-order valence-electron chi connectivity index (χ0n) is 15.2. The van der Waals surface area contributed by atoms with Crippen molar-refractivity contribution in [3.63, 3.8) is 0 Å². The summed E-state index contributed by atoms with van der Waals surface area (Å²) in [5, 5.41) is 2.41. The summed E-state index contributed by atoms with van der Waals surface area (Å²) in [7, 11) is 3.15. The molecule has 1 spiro atoms. The summed E-state index contributed by atoms with van der Waals surface area (Å²) in [6.07, 6.45) is 4.64. The van der Waals surface area contributed by atoms with Crippen molar-refractivity contribution >= 4 is 5.91 Å². The van der Waals surface area contributed by atoms with Crippen molar-refractivity contribution in [1.29, 1.82) is 0 Å². The number of benzene rings is 1. The number of carbonyl (C=O) groups is 1. The molecule has 0 radical (unpaired) electrons. The van der Waals surface area contributed by atoms with Gasteiger partial charge in [-0.05, 0) is 12.1 Å². The first-order chi connectivity index (χ1) is 12.7. The van der Waals surface area contributed by atoms with Gasteiger partial charge < -0.3 is 24.7 Å². The summed E-state index contributed by atoms with van der Waals surface area (Å²) in [6, 6.07) is 5.43. The lowest BCUT2D eigenvalue weighted by Crippen LogP contribution is -2.97. The molecule has 2 aromatic rings. The van der Waals surface area contributed by atoms with E-state index in [4.69, 9.17) is 9.47 Å². The predicted octanol–water partition coefficient (Wildman–Crippen LogP) is 0.678. The van der Waals surface area contributed by atoms with Crippen LogP contribution < -0.4 is 14.8 Å². The third kappa shape index (κ3) is 2.63. The number of piperidine rings is 1. The van der Waals surface area contributed by atoms with Gasteiger partial charge in [0.25, 0.3) is 5.91 Å². The summed E-state index contributed by atoms with van der Waals surface area (Å²) in [5.41, 5.74) is 2.98. The lowest BCUT2D eigenvalue weighted by molar-refractivity contribution is -0.743. The Morgan fingerprint density at radius 2 is 2.08 bits per heavy atom. The van der Waals surface area contributed by atoms with E-state index in [2.05, 4.69) is 15.3 Å². The number of likely N-dealkylation sites (tertiary alicyclic amines) is 1. The molecule has 0 aliphatic carbocycles. The maximum absolute atomic E-state index is 13.1. The highest BCUT2D eigenvalue weighted by molar-refractivity contribution is 5.97. The smallest absolute Gasteiger partial charge is 0.257 e. The number of nitrogens with zero attached hydrogens (tertiary/aromatic N) is 2. The molecule has 138 valence electrons. The summed E-state index contributed by atoms with van der Waals surface area (Å²) in [4.78, 5) is 22.8. The van der Waals surface area contributed by atoms with Gasteiger partial charge in [0.15, 0.2) is 11.5 Å². The molecule has 7 nitrogen and oxygen atoms in total. The van der Waals surface area contributed by atoms with E-state index in [-0.39, 0.29) is 11.4 Å². The highest BCUT2D eigenvalue weighted by atomic mass is 16.5. The molecule has 26 heavy (non-hydrogen) atoms. The first kappa shape index (κ1) is 16.9. The first-order valence-electron chi connectivity index (χ1n) is 9.06. The van der Waals surface area contributed by atoms with E-state index in [0.717, 1.165) is 25.8 Å². The van der Waals surface area contributed by atoms with Crippen molar-refractivity contribution in [3.05, 3.63) is 41.5 Å². The minimum absolute atomic E-state index is 0.00281. The van der Waals surface area contributed by atoms with Gasteiger partial charge >= 0.3 is 0 Å². The van der Waals surface area contributed by atoms with Gasteiger partial charge in [-0.2, -0.15) is 0 Å². The first-order valence-corrected chi connectivity index (χ1v) is 9.06. The zero-order chi connectivity index (χ0) is 18.1.